The summed E-state index contributed by atoms with van der Waals surface area (Å²) in [7, 11) is -4.22. The average Bonchev–Trinajstić information content (AvgIpc) is 2.27. The predicted molar refractivity (Wildman–Crippen MR) is 89.2 cm³/mol. The molecule has 0 fully saturated rings. The molecule has 0 rings (SSSR count). The smallest absolute Gasteiger partial charge is 0.303 e. The van der Waals surface area contributed by atoms with Gasteiger partial charge in [0.15, 0.2) is 0 Å². The standard InChI is InChI=1S/C9H19Br.C5H13O4P/c1-9(2)7-5-3-4-6-8-10;1-5(2)3-4-9-10(6,7)8/h9H,3-8H2,1-2H3;5H,3-4H2,1-2H3,(H2,6,7,8). The van der Waals surface area contributed by atoms with Crippen LogP contribution >= 0.6 is 23.8 Å². The molecule has 0 heterocycles. The van der Waals surface area contributed by atoms with E-state index in [1.807, 2.05) is 13.8 Å². The number of alkyl halides is 1. The molecule has 0 unspecified atom stereocenters. The average molecular weight is 375 g/mol. The molecule has 0 bridgehead atoms. The van der Waals surface area contributed by atoms with Crippen molar-refractivity contribution in [3.63, 3.8) is 0 Å². The normalized spacial score (nSPS) is 11.7. The first-order valence-corrected chi connectivity index (χ1v) is 10.1. The van der Waals surface area contributed by atoms with Gasteiger partial charge in [0.2, 0.25) is 0 Å². The lowest BCUT2D eigenvalue weighted by Crippen LogP contribution is -1.96. The fourth-order valence-electron chi connectivity index (χ4n) is 1.41. The van der Waals surface area contributed by atoms with E-state index in [4.69, 9.17) is 9.79 Å². The van der Waals surface area contributed by atoms with E-state index in [2.05, 4.69) is 34.3 Å². The SMILES string of the molecule is CC(C)CCCCCCBr.CC(C)CCOP(=O)(O)O. The molecule has 0 saturated carbocycles. The van der Waals surface area contributed by atoms with Gasteiger partial charge in [-0.3, -0.25) is 4.52 Å². The lowest BCUT2D eigenvalue weighted by atomic mass is 10.1. The van der Waals surface area contributed by atoms with Crippen LogP contribution in [0.5, 0.6) is 0 Å². The van der Waals surface area contributed by atoms with Crippen LogP contribution < -0.4 is 0 Å². The molecule has 20 heavy (non-hydrogen) atoms. The molecular formula is C14H32BrO4P. The van der Waals surface area contributed by atoms with Gasteiger partial charge in [-0.1, -0.05) is 69.3 Å². The third-order valence-corrected chi connectivity index (χ3v) is 3.70. The Bertz CT molecular complexity index is 241. The van der Waals surface area contributed by atoms with Gasteiger partial charge in [0.05, 0.1) is 6.61 Å². The van der Waals surface area contributed by atoms with Gasteiger partial charge in [0.1, 0.15) is 0 Å². The second-order valence-corrected chi connectivity index (χ2v) is 7.82. The van der Waals surface area contributed by atoms with Gasteiger partial charge in [-0.05, 0) is 24.7 Å². The maximum absolute atomic E-state index is 10.1. The topological polar surface area (TPSA) is 66.8 Å². The molecule has 6 heteroatoms. The minimum Gasteiger partial charge on any atom is -0.303 e. The van der Waals surface area contributed by atoms with E-state index >= 15 is 0 Å². The Kier molecular flexibility index (Phi) is 16.6. The number of phosphoric ester groups is 1. The van der Waals surface area contributed by atoms with Crippen molar-refractivity contribution in [3.05, 3.63) is 0 Å². The maximum atomic E-state index is 10.1. The summed E-state index contributed by atoms with van der Waals surface area (Å²) >= 11 is 3.43. The van der Waals surface area contributed by atoms with Crippen LogP contribution in [-0.4, -0.2) is 21.7 Å². The second kappa shape index (κ2) is 14.5. The zero-order valence-corrected chi connectivity index (χ0v) is 15.8. The molecule has 0 aliphatic rings. The highest BCUT2D eigenvalue weighted by molar-refractivity contribution is 9.09. The van der Waals surface area contributed by atoms with Crippen LogP contribution in [0.25, 0.3) is 0 Å². The van der Waals surface area contributed by atoms with Crippen molar-refractivity contribution in [2.24, 2.45) is 11.8 Å². The molecular weight excluding hydrogens is 343 g/mol. The lowest BCUT2D eigenvalue weighted by molar-refractivity contribution is 0.188. The second-order valence-electron chi connectivity index (χ2n) is 5.79. The minimum absolute atomic E-state index is 0.127. The molecule has 0 saturated heterocycles. The molecule has 0 aromatic carbocycles. The van der Waals surface area contributed by atoms with Gasteiger partial charge in [-0.2, -0.15) is 0 Å². The molecule has 0 radical (unpaired) electrons. The van der Waals surface area contributed by atoms with E-state index < -0.39 is 7.82 Å². The molecule has 2 N–H and O–H groups in total. The summed E-state index contributed by atoms with van der Waals surface area (Å²) in [6.07, 6.45) is 7.66. The van der Waals surface area contributed by atoms with Crippen LogP contribution in [0.4, 0.5) is 0 Å². The van der Waals surface area contributed by atoms with Crippen molar-refractivity contribution in [3.8, 4) is 0 Å². The van der Waals surface area contributed by atoms with E-state index in [-0.39, 0.29) is 6.61 Å². The molecule has 0 amide bonds. The number of unbranched alkanes of at least 4 members (excludes halogenated alkanes) is 3. The summed E-state index contributed by atoms with van der Waals surface area (Å²) in [5.74, 6) is 1.30. The molecule has 0 atom stereocenters. The number of phosphoric acid groups is 1. The summed E-state index contributed by atoms with van der Waals surface area (Å²) in [5.41, 5.74) is 0. The Morgan fingerprint density at radius 3 is 1.85 bits per heavy atom. The van der Waals surface area contributed by atoms with E-state index in [9.17, 15) is 4.57 Å². The van der Waals surface area contributed by atoms with E-state index in [1.54, 1.807) is 0 Å². The first-order valence-electron chi connectivity index (χ1n) is 7.45. The van der Waals surface area contributed by atoms with Gasteiger partial charge in [0, 0.05) is 5.33 Å². The highest BCUT2D eigenvalue weighted by atomic mass is 79.9. The number of hydrogen-bond donors (Lipinski definition) is 2. The van der Waals surface area contributed by atoms with Crippen molar-refractivity contribution in [1.29, 1.82) is 0 Å². The third kappa shape index (κ3) is 27.0. The number of hydrogen-bond acceptors (Lipinski definition) is 2. The number of halogens is 1. The van der Waals surface area contributed by atoms with Crippen LogP contribution in [0.3, 0.4) is 0 Å². The largest absolute Gasteiger partial charge is 0.469 e. The van der Waals surface area contributed by atoms with Crippen molar-refractivity contribution < 1.29 is 18.9 Å². The zero-order chi connectivity index (χ0) is 16.0. The Balaban J connectivity index is 0. The quantitative estimate of drug-likeness (QED) is 0.316. The first-order chi connectivity index (χ1) is 9.19. The Hall–Kier alpha value is 0.590. The molecule has 0 aromatic rings. The Morgan fingerprint density at radius 1 is 0.950 bits per heavy atom. The van der Waals surface area contributed by atoms with Crippen LogP contribution in [0, 0.1) is 11.8 Å². The highest BCUT2D eigenvalue weighted by Crippen LogP contribution is 2.35. The summed E-state index contributed by atoms with van der Waals surface area (Å²) in [5, 5.41) is 1.18. The van der Waals surface area contributed by atoms with Crippen molar-refractivity contribution in [2.75, 3.05) is 11.9 Å². The number of rotatable bonds is 10. The Labute approximate surface area is 133 Å². The summed E-state index contributed by atoms with van der Waals surface area (Å²) in [6.45, 7) is 8.64. The van der Waals surface area contributed by atoms with Gasteiger partial charge in [0.25, 0.3) is 0 Å². The summed E-state index contributed by atoms with van der Waals surface area (Å²) < 4.78 is 14.3. The van der Waals surface area contributed by atoms with Crippen molar-refractivity contribution in [1.82, 2.24) is 0 Å². The predicted octanol–water partition coefficient (Wildman–Crippen LogP) is 5.13. The van der Waals surface area contributed by atoms with Crippen LogP contribution in [0.15, 0.2) is 0 Å². The third-order valence-electron chi connectivity index (χ3n) is 2.62. The van der Waals surface area contributed by atoms with Gasteiger partial charge in [-0.15, -0.1) is 0 Å². The monoisotopic (exact) mass is 374 g/mol. The van der Waals surface area contributed by atoms with E-state index in [0.717, 1.165) is 5.92 Å². The van der Waals surface area contributed by atoms with E-state index in [0.29, 0.717) is 12.3 Å². The summed E-state index contributed by atoms with van der Waals surface area (Å²) in [6, 6.07) is 0. The van der Waals surface area contributed by atoms with Crippen molar-refractivity contribution >= 4 is 23.8 Å². The fourth-order valence-corrected chi connectivity index (χ4v) is 2.15. The summed E-state index contributed by atoms with van der Waals surface area (Å²) in [4.78, 5) is 16.4. The Morgan fingerprint density at radius 2 is 1.45 bits per heavy atom. The molecule has 4 nitrogen and oxygen atoms in total. The maximum Gasteiger partial charge on any atom is 0.469 e. The van der Waals surface area contributed by atoms with Crippen LogP contribution in [0.2, 0.25) is 0 Å². The molecule has 0 aliphatic carbocycles. The fraction of sp³-hybridized carbons (Fsp3) is 1.00. The minimum atomic E-state index is -4.22. The highest BCUT2D eigenvalue weighted by Gasteiger charge is 2.12. The lowest BCUT2D eigenvalue weighted by Gasteiger charge is -2.05. The van der Waals surface area contributed by atoms with Gasteiger partial charge >= 0.3 is 7.82 Å². The first kappa shape index (κ1) is 22.9. The van der Waals surface area contributed by atoms with Crippen LogP contribution in [-0.2, 0) is 9.09 Å². The van der Waals surface area contributed by atoms with Gasteiger partial charge in [-0.25, -0.2) is 4.57 Å². The van der Waals surface area contributed by atoms with Crippen molar-refractivity contribution in [2.45, 2.75) is 66.2 Å². The van der Waals surface area contributed by atoms with Gasteiger partial charge < -0.3 is 9.79 Å². The molecule has 0 aliphatic heterocycles. The zero-order valence-electron chi connectivity index (χ0n) is 13.3. The van der Waals surface area contributed by atoms with Crippen LogP contribution in [0.1, 0.15) is 66.2 Å². The molecule has 124 valence electrons. The molecule has 0 spiro atoms. The molecule has 0 aromatic heterocycles. The van der Waals surface area contributed by atoms with E-state index in [1.165, 1.54) is 37.4 Å².